The summed E-state index contributed by atoms with van der Waals surface area (Å²) in [6.45, 7) is 0. The molecular weight excluding hydrogens is 312 g/mol. The summed E-state index contributed by atoms with van der Waals surface area (Å²) in [5.41, 5.74) is 3.45. The number of carbonyl (C=O) groups is 2. The van der Waals surface area contributed by atoms with E-state index < -0.39 is 0 Å². The lowest BCUT2D eigenvalue weighted by atomic mass is 9.75. The average molecular weight is 332 g/mol. The van der Waals surface area contributed by atoms with Gasteiger partial charge >= 0.3 is 0 Å². The maximum atomic E-state index is 12.5. The van der Waals surface area contributed by atoms with Gasteiger partial charge in [0.05, 0.1) is 25.5 Å². The smallest absolute Gasteiger partial charge is 0.267 e. The zero-order valence-electron chi connectivity index (χ0n) is 13.4. The van der Waals surface area contributed by atoms with Crippen molar-refractivity contribution in [1.82, 2.24) is 15.7 Å². The Balaban J connectivity index is 1.77. The summed E-state index contributed by atoms with van der Waals surface area (Å²) in [4.78, 5) is 27.7. The molecule has 24 heavy (non-hydrogen) atoms. The Morgan fingerprint density at radius 1 is 1.42 bits per heavy atom. The van der Waals surface area contributed by atoms with Gasteiger partial charge < -0.3 is 15.2 Å². The van der Waals surface area contributed by atoms with E-state index in [1.54, 1.807) is 19.5 Å². The molecule has 1 aromatic rings. The number of hydrazone groups is 1. The van der Waals surface area contributed by atoms with E-state index in [2.05, 4.69) is 20.8 Å². The topological polar surface area (TPSA) is 113 Å². The number of hydrogen-bond acceptors (Lipinski definition) is 6. The molecule has 0 aromatic carbocycles. The molecule has 2 aliphatic rings. The monoisotopic (exact) mass is 332 g/mol. The minimum absolute atomic E-state index is 0.122. The first kappa shape index (κ1) is 16.4. The molecule has 1 fully saturated rings. The molecule has 0 saturated heterocycles. The summed E-state index contributed by atoms with van der Waals surface area (Å²) >= 11 is 0. The summed E-state index contributed by atoms with van der Waals surface area (Å²) in [5.74, 6) is 0.219. The Morgan fingerprint density at radius 2 is 2.21 bits per heavy atom. The lowest BCUT2D eigenvalue weighted by molar-refractivity contribution is -0.121. The Bertz CT molecular complexity index is 670. The van der Waals surface area contributed by atoms with E-state index in [9.17, 15) is 14.7 Å². The molecule has 2 amide bonds. The highest BCUT2D eigenvalue weighted by Gasteiger charge is 2.36. The van der Waals surface area contributed by atoms with Crippen molar-refractivity contribution in [2.24, 2.45) is 11.0 Å². The minimum atomic E-state index is -0.334. The van der Waals surface area contributed by atoms with E-state index in [4.69, 9.17) is 4.74 Å². The number of rotatable bonds is 5. The van der Waals surface area contributed by atoms with Crippen LogP contribution in [0.4, 0.5) is 0 Å². The van der Waals surface area contributed by atoms with Gasteiger partial charge in [-0.25, -0.2) is 5.43 Å². The van der Waals surface area contributed by atoms with Gasteiger partial charge in [0.15, 0.2) is 0 Å². The van der Waals surface area contributed by atoms with Crippen LogP contribution in [0.3, 0.4) is 0 Å². The Hall–Kier alpha value is -2.48. The number of aliphatic hydroxyl groups is 1. The average Bonchev–Trinajstić information content (AvgIpc) is 2.57. The fourth-order valence-electron chi connectivity index (χ4n) is 2.96. The highest BCUT2D eigenvalue weighted by atomic mass is 16.5. The van der Waals surface area contributed by atoms with Crippen LogP contribution in [-0.2, 0) is 9.59 Å². The van der Waals surface area contributed by atoms with Crippen molar-refractivity contribution >= 4 is 17.5 Å². The van der Waals surface area contributed by atoms with Crippen LogP contribution >= 0.6 is 0 Å². The number of methoxy groups -OCH3 is 1. The van der Waals surface area contributed by atoms with Crippen LogP contribution < -0.4 is 15.5 Å². The molecule has 8 nitrogen and oxygen atoms in total. The first-order chi connectivity index (χ1) is 11.6. The molecule has 1 aromatic heterocycles. The zero-order chi connectivity index (χ0) is 17.1. The standard InChI is InChI=1S/C16H20N4O4/c1-24-12-6-10(7-17-8-12)15(9-4-11(21)5-9)18-16(23)13-2-3-14(22)20-19-13/h6-9,11,15,21H,2-5H2,1H3,(H,18,23)(H,20,22)/t9?,11?,15-/m1/s1. The van der Waals surface area contributed by atoms with Gasteiger partial charge in [0.2, 0.25) is 5.91 Å². The van der Waals surface area contributed by atoms with Gasteiger partial charge in [0.1, 0.15) is 11.5 Å². The molecule has 3 N–H and O–H groups in total. The number of hydrogen-bond donors (Lipinski definition) is 3. The van der Waals surface area contributed by atoms with Gasteiger partial charge in [-0.1, -0.05) is 0 Å². The van der Waals surface area contributed by atoms with Crippen molar-refractivity contribution in [3.05, 3.63) is 24.0 Å². The van der Waals surface area contributed by atoms with Crippen molar-refractivity contribution in [2.45, 2.75) is 37.8 Å². The van der Waals surface area contributed by atoms with E-state index in [1.807, 2.05) is 6.07 Å². The van der Waals surface area contributed by atoms with Gasteiger partial charge in [-0.15, -0.1) is 0 Å². The fourth-order valence-corrected chi connectivity index (χ4v) is 2.96. The predicted molar refractivity (Wildman–Crippen MR) is 85.2 cm³/mol. The maximum Gasteiger partial charge on any atom is 0.267 e. The summed E-state index contributed by atoms with van der Waals surface area (Å²) in [6, 6.07) is 1.54. The number of amides is 2. The summed E-state index contributed by atoms with van der Waals surface area (Å²) in [5, 5.41) is 16.4. The first-order valence-corrected chi connectivity index (χ1v) is 7.90. The van der Waals surface area contributed by atoms with E-state index in [1.165, 1.54) is 0 Å². The van der Waals surface area contributed by atoms with Gasteiger partial charge in [0.25, 0.3) is 5.91 Å². The largest absolute Gasteiger partial charge is 0.495 e. The van der Waals surface area contributed by atoms with Crippen molar-refractivity contribution in [2.75, 3.05) is 7.11 Å². The number of carbonyl (C=O) groups excluding carboxylic acids is 2. The van der Waals surface area contributed by atoms with Crippen LogP contribution in [0.5, 0.6) is 5.75 Å². The van der Waals surface area contributed by atoms with Crippen LogP contribution in [0.1, 0.15) is 37.3 Å². The number of aromatic nitrogens is 1. The number of ether oxygens (including phenoxy) is 1. The third kappa shape index (κ3) is 3.53. The summed E-state index contributed by atoms with van der Waals surface area (Å²) in [7, 11) is 1.56. The zero-order valence-corrected chi connectivity index (χ0v) is 13.4. The molecule has 0 unspecified atom stereocenters. The van der Waals surface area contributed by atoms with Crippen LogP contribution in [-0.4, -0.2) is 40.8 Å². The molecule has 0 spiro atoms. The van der Waals surface area contributed by atoms with Gasteiger partial charge in [0, 0.05) is 19.0 Å². The summed E-state index contributed by atoms with van der Waals surface area (Å²) in [6.07, 6.45) is 4.74. The van der Waals surface area contributed by atoms with E-state index in [-0.39, 0.29) is 36.3 Å². The van der Waals surface area contributed by atoms with Crippen LogP contribution in [0.2, 0.25) is 0 Å². The lowest BCUT2D eigenvalue weighted by Crippen LogP contribution is -2.44. The van der Waals surface area contributed by atoms with E-state index >= 15 is 0 Å². The first-order valence-electron chi connectivity index (χ1n) is 7.90. The van der Waals surface area contributed by atoms with E-state index in [0.29, 0.717) is 30.7 Å². The molecule has 0 radical (unpaired) electrons. The SMILES string of the molecule is COc1cncc([C@H](NC(=O)C2=NNC(=O)CC2)C2CC(O)C2)c1. The molecule has 8 heteroatoms. The molecule has 2 heterocycles. The Kier molecular flexibility index (Phi) is 4.75. The van der Waals surface area contributed by atoms with E-state index in [0.717, 1.165) is 5.56 Å². The molecule has 0 bridgehead atoms. The molecular formula is C16H20N4O4. The third-order valence-corrected chi connectivity index (χ3v) is 4.40. The molecule has 3 rings (SSSR count). The number of nitrogens with one attached hydrogen (secondary N) is 2. The lowest BCUT2D eigenvalue weighted by Gasteiger charge is -2.38. The van der Waals surface area contributed by atoms with Crippen LogP contribution in [0, 0.1) is 5.92 Å². The van der Waals surface area contributed by atoms with Gasteiger partial charge in [-0.2, -0.15) is 5.10 Å². The highest BCUT2D eigenvalue weighted by Crippen LogP contribution is 2.38. The van der Waals surface area contributed by atoms with Crippen molar-refractivity contribution in [1.29, 1.82) is 0 Å². The minimum Gasteiger partial charge on any atom is -0.495 e. The second-order valence-electron chi connectivity index (χ2n) is 6.09. The maximum absolute atomic E-state index is 12.5. The Labute approximate surface area is 139 Å². The molecule has 1 aliphatic heterocycles. The summed E-state index contributed by atoms with van der Waals surface area (Å²) < 4.78 is 5.19. The quantitative estimate of drug-likeness (QED) is 0.717. The number of pyridine rings is 1. The van der Waals surface area contributed by atoms with Gasteiger partial charge in [-0.3, -0.25) is 14.6 Å². The van der Waals surface area contributed by atoms with Crippen LogP contribution in [0.15, 0.2) is 23.6 Å². The molecule has 1 saturated carbocycles. The Morgan fingerprint density at radius 3 is 2.83 bits per heavy atom. The fraction of sp³-hybridized carbons (Fsp3) is 0.500. The molecule has 1 atom stereocenters. The number of nitrogens with zero attached hydrogens (tertiary/aromatic N) is 2. The van der Waals surface area contributed by atoms with Gasteiger partial charge in [-0.05, 0) is 30.4 Å². The van der Waals surface area contributed by atoms with Crippen molar-refractivity contribution < 1.29 is 19.4 Å². The van der Waals surface area contributed by atoms with Crippen LogP contribution in [0.25, 0.3) is 0 Å². The second kappa shape index (κ2) is 6.96. The highest BCUT2D eigenvalue weighted by molar-refractivity contribution is 6.39. The van der Waals surface area contributed by atoms with Crippen molar-refractivity contribution in [3.8, 4) is 5.75 Å². The van der Waals surface area contributed by atoms with Crippen molar-refractivity contribution in [3.63, 3.8) is 0 Å². The normalized spacial score (nSPS) is 24.2. The predicted octanol–water partition coefficient (Wildman–Crippen LogP) is 0.284. The second-order valence-corrected chi connectivity index (χ2v) is 6.09. The number of aliphatic hydroxyl groups excluding tert-OH is 1. The molecule has 128 valence electrons. The third-order valence-electron chi connectivity index (χ3n) is 4.40. The molecule has 1 aliphatic carbocycles.